The Morgan fingerprint density at radius 2 is 1.79 bits per heavy atom. The highest BCUT2D eigenvalue weighted by Crippen LogP contribution is 2.34. The van der Waals surface area contributed by atoms with Crippen LogP contribution in [0.1, 0.15) is 24.5 Å². The van der Waals surface area contributed by atoms with E-state index in [-0.39, 0.29) is 46.3 Å². The summed E-state index contributed by atoms with van der Waals surface area (Å²) < 4.78 is 46.1. The highest BCUT2D eigenvalue weighted by molar-refractivity contribution is 8.22. The number of hydrogen-bond donors (Lipinski definition) is 3. The van der Waals surface area contributed by atoms with Gasteiger partial charge in [0.2, 0.25) is 0 Å². The third-order valence-electron chi connectivity index (χ3n) is 2.99. The largest absolute Gasteiger partial charge is 0.299 e. The average molecular weight is 371 g/mol. The number of carbonyl (C=O) groups excluding carboxylic acids is 1. The minimum Gasteiger partial charge on any atom is -0.299 e. The van der Waals surface area contributed by atoms with E-state index in [9.17, 15) is 22.3 Å². The summed E-state index contributed by atoms with van der Waals surface area (Å²) in [7, 11) is -6.97. The summed E-state index contributed by atoms with van der Waals surface area (Å²) in [6.45, 7) is 1.07. The maximum Gasteiger partial charge on any atom is 0.178 e. The molecule has 0 saturated carbocycles. The van der Waals surface area contributed by atoms with Gasteiger partial charge in [-0.1, -0.05) is 0 Å². The molecule has 0 atom stereocenters. The Bertz CT molecular complexity index is 807. The van der Waals surface area contributed by atoms with Gasteiger partial charge in [0.15, 0.2) is 9.84 Å². The van der Waals surface area contributed by atoms with E-state index in [4.69, 9.17) is 10.5 Å². The van der Waals surface area contributed by atoms with Crippen LogP contribution in [-0.2, 0) is 14.6 Å². The first-order chi connectivity index (χ1) is 11.1. The highest BCUT2D eigenvalue weighted by atomic mass is 32.3. The van der Waals surface area contributed by atoms with Crippen molar-refractivity contribution in [1.82, 2.24) is 4.72 Å². The molecule has 0 saturated heterocycles. The molecule has 1 aromatic rings. The van der Waals surface area contributed by atoms with Gasteiger partial charge in [-0.3, -0.25) is 13.9 Å². The summed E-state index contributed by atoms with van der Waals surface area (Å²) >= 11 is 0. The molecule has 0 aliphatic rings. The Morgan fingerprint density at radius 3 is 2.33 bits per heavy atom. The molecule has 24 heavy (non-hydrogen) atoms. The average Bonchev–Trinajstić information content (AvgIpc) is 2.52. The van der Waals surface area contributed by atoms with Crippen LogP contribution in [0.5, 0.6) is 0 Å². The standard InChI is InChI=1S/C14H17N3O5S2/c1-11(18)10-17-24(21,22)6-2-5-23(19,20)14-4-3-12(8-15)13(7-14)9-16/h3-4,7,17,21-22H,2,5-6,10H2,1H3. The molecule has 10 heteroatoms. The number of carbonyl (C=O) groups is 1. The molecule has 0 spiro atoms. The molecule has 8 nitrogen and oxygen atoms in total. The predicted octanol–water partition coefficient (Wildman–Crippen LogP) is 1.44. The van der Waals surface area contributed by atoms with E-state index in [1.54, 1.807) is 12.1 Å². The van der Waals surface area contributed by atoms with Crippen LogP contribution in [0.4, 0.5) is 0 Å². The summed E-state index contributed by atoms with van der Waals surface area (Å²) in [5.74, 6) is -0.855. The van der Waals surface area contributed by atoms with Gasteiger partial charge in [0.25, 0.3) is 0 Å². The molecule has 0 fully saturated rings. The second-order valence-corrected chi connectivity index (χ2v) is 9.14. The lowest BCUT2D eigenvalue weighted by Crippen LogP contribution is -2.27. The Balaban J connectivity index is 2.76. The van der Waals surface area contributed by atoms with Gasteiger partial charge in [-0.05, 0) is 31.5 Å². The van der Waals surface area contributed by atoms with Crippen LogP contribution in [0.3, 0.4) is 0 Å². The SMILES string of the molecule is CC(=O)CNS(O)(O)CCCS(=O)(=O)c1ccc(C#N)c(C#N)c1. The molecule has 1 rings (SSSR count). The van der Waals surface area contributed by atoms with Crippen molar-refractivity contribution in [2.75, 3.05) is 18.1 Å². The fourth-order valence-electron chi connectivity index (χ4n) is 1.76. The van der Waals surface area contributed by atoms with Gasteiger partial charge in [-0.15, -0.1) is 10.8 Å². The summed E-state index contributed by atoms with van der Waals surface area (Å²) in [5, 5.41) is 17.8. The maximum absolute atomic E-state index is 12.2. The quantitative estimate of drug-likeness (QED) is 0.621. The molecule has 130 valence electrons. The van der Waals surface area contributed by atoms with Crippen LogP contribution < -0.4 is 4.72 Å². The fraction of sp³-hybridized carbons (Fsp3) is 0.357. The van der Waals surface area contributed by atoms with E-state index in [1.807, 2.05) is 0 Å². The van der Waals surface area contributed by atoms with Gasteiger partial charge in [0, 0.05) is 0 Å². The van der Waals surface area contributed by atoms with E-state index in [0.717, 1.165) is 6.07 Å². The minimum absolute atomic E-state index is 0.0361. The Morgan fingerprint density at radius 1 is 1.17 bits per heavy atom. The number of nitrogens with one attached hydrogen (secondary N) is 1. The summed E-state index contributed by atoms with van der Waals surface area (Å²) in [6, 6.07) is 7.18. The van der Waals surface area contributed by atoms with E-state index in [2.05, 4.69) is 4.72 Å². The van der Waals surface area contributed by atoms with E-state index in [0.29, 0.717) is 0 Å². The summed E-state index contributed by atoms with van der Waals surface area (Å²) in [4.78, 5) is 10.7. The number of ketones is 1. The fourth-order valence-corrected chi connectivity index (χ4v) is 4.41. The maximum atomic E-state index is 12.2. The van der Waals surface area contributed by atoms with Gasteiger partial charge in [-0.2, -0.15) is 10.5 Å². The Kier molecular flexibility index (Phi) is 6.90. The van der Waals surface area contributed by atoms with Crippen molar-refractivity contribution in [2.24, 2.45) is 0 Å². The first-order valence-electron chi connectivity index (χ1n) is 6.78. The number of benzene rings is 1. The second kappa shape index (κ2) is 8.24. The van der Waals surface area contributed by atoms with Crippen LogP contribution in [0.25, 0.3) is 0 Å². The van der Waals surface area contributed by atoms with Crippen LogP contribution in [0.2, 0.25) is 0 Å². The zero-order valence-corrected chi connectivity index (χ0v) is 14.5. The van der Waals surface area contributed by atoms with Crippen molar-refractivity contribution in [2.45, 2.75) is 18.2 Å². The molecule has 0 radical (unpaired) electrons. The lowest BCUT2D eigenvalue weighted by Gasteiger charge is -2.32. The molecule has 0 aliphatic heterocycles. The molecule has 0 heterocycles. The van der Waals surface area contributed by atoms with E-state index < -0.39 is 20.6 Å². The molecule has 0 unspecified atom stereocenters. The lowest BCUT2D eigenvalue weighted by atomic mass is 10.1. The number of nitriles is 2. The molecular weight excluding hydrogens is 354 g/mol. The number of hydrogen-bond acceptors (Lipinski definition) is 8. The second-order valence-electron chi connectivity index (χ2n) is 5.00. The highest BCUT2D eigenvalue weighted by Gasteiger charge is 2.19. The van der Waals surface area contributed by atoms with Crippen molar-refractivity contribution in [3.63, 3.8) is 0 Å². The summed E-state index contributed by atoms with van der Waals surface area (Å²) in [6.07, 6.45) is -0.0442. The van der Waals surface area contributed by atoms with Crippen LogP contribution in [-0.4, -0.2) is 41.4 Å². The normalized spacial score (nSPS) is 12.2. The van der Waals surface area contributed by atoms with Gasteiger partial charge < -0.3 is 0 Å². The zero-order valence-electron chi connectivity index (χ0n) is 12.9. The molecular formula is C14H17N3O5S2. The molecule has 0 aliphatic carbocycles. The number of nitrogens with zero attached hydrogens (tertiary/aromatic N) is 2. The Labute approximate surface area is 142 Å². The molecule has 0 aromatic heterocycles. The van der Waals surface area contributed by atoms with Gasteiger partial charge >= 0.3 is 0 Å². The van der Waals surface area contributed by atoms with Crippen LogP contribution >= 0.6 is 10.8 Å². The molecule has 0 amide bonds. The van der Waals surface area contributed by atoms with Gasteiger partial charge in [-0.25, -0.2) is 13.1 Å². The third kappa shape index (κ3) is 5.92. The van der Waals surface area contributed by atoms with Crippen molar-refractivity contribution in [3.05, 3.63) is 29.3 Å². The summed E-state index contributed by atoms with van der Waals surface area (Å²) in [5.41, 5.74) is 0.0463. The number of rotatable bonds is 8. The topological polar surface area (TPSA) is 151 Å². The third-order valence-corrected chi connectivity index (χ3v) is 6.25. The first kappa shape index (κ1) is 20.1. The van der Waals surface area contributed by atoms with Gasteiger partial charge in [0.05, 0.1) is 34.1 Å². The molecule has 3 N–H and O–H groups in total. The molecule has 1 aromatic carbocycles. The number of sulfone groups is 1. The molecule has 0 bridgehead atoms. The van der Waals surface area contributed by atoms with Crippen molar-refractivity contribution >= 4 is 26.4 Å². The number of Topliss-reactive ketones (excluding diaryl/α,β-unsaturated/α-hetero) is 1. The minimum atomic E-state index is -3.74. The van der Waals surface area contributed by atoms with Crippen molar-refractivity contribution in [3.8, 4) is 12.1 Å². The van der Waals surface area contributed by atoms with Crippen LogP contribution in [0, 0.1) is 22.7 Å². The van der Waals surface area contributed by atoms with E-state index in [1.165, 1.54) is 19.1 Å². The van der Waals surface area contributed by atoms with Crippen molar-refractivity contribution in [1.29, 1.82) is 10.5 Å². The smallest absolute Gasteiger partial charge is 0.178 e. The van der Waals surface area contributed by atoms with Gasteiger partial charge in [0.1, 0.15) is 17.9 Å². The Hall–Kier alpha value is -1.95. The lowest BCUT2D eigenvalue weighted by molar-refractivity contribution is -0.115. The zero-order chi connectivity index (χ0) is 18.4. The van der Waals surface area contributed by atoms with Crippen molar-refractivity contribution < 1.29 is 22.3 Å². The monoisotopic (exact) mass is 371 g/mol. The predicted molar refractivity (Wildman–Crippen MR) is 88.9 cm³/mol. The van der Waals surface area contributed by atoms with Crippen LogP contribution in [0.15, 0.2) is 23.1 Å². The first-order valence-corrected chi connectivity index (χ1v) is 10.1. The van der Waals surface area contributed by atoms with E-state index >= 15 is 0 Å².